The number of likely N-dealkylation sites (tertiary alicyclic amines) is 1. The van der Waals surface area contributed by atoms with E-state index in [2.05, 4.69) is 16.4 Å². The molecule has 3 heterocycles. The van der Waals surface area contributed by atoms with Crippen molar-refractivity contribution in [3.8, 4) is 17.2 Å². The summed E-state index contributed by atoms with van der Waals surface area (Å²) < 4.78 is 41.8. The van der Waals surface area contributed by atoms with E-state index in [1.807, 2.05) is 0 Å². The zero-order chi connectivity index (χ0) is 29.0. The van der Waals surface area contributed by atoms with Gasteiger partial charge in [0.15, 0.2) is 0 Å². The maximum Gasteiger partial charge on any atom is 0.414 e. The molecule has 0 radical (unpaired) electrons. The number of anilines is 1. The summed E-state index contributed by atoms with van der Waals surface area (Å²) in [7, 11) is 0. The average molecular weight is 554 g/mol. The number of ether oxygens (including phenoxy) is 2. The molecule has 2 saturated heterocycles. The Hall–Kier alpha value is -4.27. The van der Waals surface area contributed by atoms with Gasteiger partial charge in [0.2, 0.25) is 5.91 Å². The fourth-order valence-electron chi connectivity index (χ4n) is 5.75. The molecule has 1 aliphatic carbocycles. The first-order valence-corrected chi connectivity index (χ1v) is 12.9. The van der Waals surface area contributed by atoms with Crippen molar-refractivity contribution in [3.63, 3.8) is 0 Å². The normalized spacial score (nSPS) is 25.2. The van der Waals surface area contributed by atoms with Gasteiger partial charge in [-0.05, 0) is 44.5 Å². The number of pyridine rings is 1. The quantitative estimate of drug-likeness (QED) is 0.598. The first-order chi connectivity index (χ1) is 18.9. The van der Waals surface area contributed by atoms with E-state index in [0.717, 1.165) is 17.0 Å². The molecule has 12 heteroatoms. The van der Waals surface area contributed by atoms with Crippen molar-refractivity contribution in [1.82, 2.24) is 15.2 Å². The minimum Gasteiger partial charge on any atom is -0.444 e. The number of hydrogen-bond acceptors (Lipinski definition) is 7. The molecular weight excluding hydrogens is 524 g/mol. The van der Waals surface area contributed by atoms with Crippen molar-refractivity contribution in [3.05, 3.63) is 47.8 Å². The van der Waals surface area contributed by atoms with Crippen LogP contribution in [0, 0.1) is 34.8 Å². The third kappa shape index (κ3) is 4.69. The second kappa shape index (κ2) is 9.73. The van der Waals surface area contributed by atoms with Crippen LogP contribution in [0.25, 0.3) is 11.1 Å². The number of amides is 3. The van der Waals surface area contributed by atoms with Crippen molar-refractivity contribution in [1.29, 1.82) is 5.26 Å². The van der Waals surface area contributed by atoms with E-state index in [1.54, 1.807) is 31.7 Å². The van der Waals surface area contributed by atoms with Gasteiger partial charge in [0.25, 0.3) is 0 Å². The summed E-state index contributed by atoms with van der Waals surface area (Å²) in [5.41, 5.74) is -1.52. The molecule has 3 amide bonds. The van der Waals surface area contributed by atoms with E-state index in [1.165, 1.54) is 19.3 Å². The molecule has 0 bridgehead atoms. The van der Waals surface area contributed by atoms with Crippen LogP contribution in [0.5, 0.6) is 0 Å². The standard InChI is InChI=1S/C28H29F2N5O5/c1-15(36)33-9-17-11-35(26(38)39-17)16-7-22(29)24(23(30)8-16)18-10-32-6-5-19(18)28(14-31)20-12-34(13-21(20)28)25(37)40-27(2,3)4/h5-8,10,17,20-21H,9,11-13H2,1-4H3,(H,33,36)/t17-,20?,21?,28?/m0/s1. The fourth-order valence-corrected chi connectivity index (χ4v) is 5.75. The number of piperidine rings is 1. The maximum absolute atomic E-state index is 15.6. The number of halogens is 2. The van der Waals surface area contributed by atoms with E-state index in [4.69, 9.17) is 9.47 Å². The van der Waals surface area contributed by atoms with Gasteiger partial charge in [-0.3, -0.25) is 14.7 Å². The number of carbonyl (C=O) groups is 3. The van der Waals surface area contributed by atoms with Crippen LogP contribution in [0.2, 0.25) is 0 Å². The van der Waals surface area contributed by atoms with Gasteiger partial charge in [-0.25, -0.2) is 18.4 Å². The lowest BCUT2D eigenvalue weighted by molar-refractivity contribution is -0.119. The average Bonchev–Trinajstić information content (AvgIpc) is 3.15. The molecule has 3 aliphatic rings. The maximum atomic E-state index is 15.6. The molecule has 3 atom stereocenters. The summed E-state index contributed by atoms with van der Waals surface area (Å²) in [6.45, 7) is 7.30. The fraction of sp³-hybridized carbons (Fsp3) is 0.464. The molecule has 5 rings (SSSR count). The van der Waals surface area contributed by atoms with Gasteiger partial charge in [-0.1, -0.05) is 0 Å². The number of aromatic nitrogens is 1. The Morgan fingerprint density at radius 2 is 1.88 bits per heavy atom. The topological polar surface area (TPSA) is 125 Å². The summed E-state index contributed by atoms with van der Waals surface area (Å²) in [6, 6.07) is 6.02. The van der Waals surface area contributed by atoms with Gasteiger partial charge >= 0.3 is 12.2 Å². The van der Waals surface area contributed by atoms with Crippen molar-refractivity contribution in [2.75, 3.05) is 31.1 Å². The third-order valence-electron chi connectivity index (χ3n) is 7.54. The molecule has 2 aromatic rings. The molecule has 210 valence electrons. The Balaban J connectivity index is 1.41. The van der Waals surface area contributed by atoms with Crippen LogP contribution in [0.4, 0.5) is 24.1 Å². The van der Waals surface area contributed by atoms with E-state index in [-0.39, 0.29) is 60.7 Å². The predicted octanol–water partition coefficient (Wildman–Crippen LogP) is 3.75. The highest BCUT2D eigenvalue weighted by Gasteiger charge is 2.71. The van der Waals surface area contributed by atoms with Crippen LogP contribution in [-0.2, 0) is 19.7 Å². The first-order valence-electron chi connectivity index (χ1n) is 12.9. The molecule has 1 aromatic carbocycles. The number of fused-ring (bicyclic) bond motifs is 1. The zero-order valence-corrected chi connectivity index (χ0v) is 22.5. The smallest absolute Gasteiger partial charge is 0.414 e. The Labute approximate surface area is 229 Å². The summed E-state index contributed by atoms with van der Waals surface area (Å²) in [5, 5.41) is 12.8. The first kappa shape index (κ1) is 27.3. The zero-order valence-electron chi connectivity index (χ0n) is 22.5. The number of hydrogen-bond donors (Lipinski definition) is 1. The molecule has 1 N–H and O–H groups in total. The number of carbonyl (C=O) groups excluding carboxylic acids is 3. The largest absolute Gasteiger partial charge is 0.444 e. The number of cyclic esters (lactones) is 1. The van der Waals surface area contributed by atoms with Gasteiger partial charge in [0.05, 0.1) is 35.8 Å². The van der Waals surface area contributed by atoms with Crippen LogP contribution in [-0.4, -0.2) is 65.9 Å². The van der Waals surface area contributed by atoms with Crippen LogP contribution < -0.4 is 10.2 Å². The van der Waals surface area contributed by atoms with Gasteiger partial charge in [0, 0.05) is 49.8 Å². The van der Waals surface area contributed by atoms with Gasteiger partial charge in [0.1, 0.15) is 23.3 Å². The van der Waals surface area contributed by atoms with Crippen LogP contribution in [0.3, 0.4) is 0 Å². The highest BCUT2D eigenvalue weighted by atomic mass is 19.1. The van der Waals surface area contributed by atoms with Crippen molar-refractivity contribution in [2.24, 2.45) is 11.8 Å². The SMILES string of the molecule is CC(=O)NC[C@H]1CN(c2cc(F)c(-c3cnccc3C3(C#N)C4CN(C(=O)OC(C)(C)C)CC43)c(F)c2)C(=O)O1. The second-order valence-corrected chi connectivity index (χ2v) is 11.3. The van der Waals surface area contributed by atoms with Crippen LogP contribution in [0.1, 0.15) is 33.3 Å². The molecule has 0 spiro atoms. The highest BCUT2D eigenvalue weighted by molar-refractivity contribution is 5.90. The number of nitriles is 1. The summed E-state index contributed by atoms with van der Waals surface area (Å²) in [4.78, 5) is 42.8. The summed E-state index contributed by atoms with van der Waals surface area (Å²) >= 11 is 0. The molecule has 1 saturated carbocycles. The Bertz CT molecular complexity index is 1400. The van der Waals surface area contributed by atoms with E-state index < -0.39 is 40.9 Å². The van der Waals surface area contributed by atoms with Crippen molar-refractivity contribution < 1.29 is 32.6 Å². The highest BCUT2D eigenvalue weighted by Crippen LogP contribution is 2.64. The Morgan fingerprint density at radius 1 is 1.23 bits per heavy atom. The minimum absolute atomic E-state index is 0.00450. The van der Waals surface area contributed by atoms with E-state index >= 15 is 8.78 Å². The van der Waals surface area contributed by atoms with Crippen LogP contribution >= 0.6 is 0 Å². The van der Waals surface area contributed by atoms with Gasteiger partial charge in [-0.15, -0.1) is 0 Å². The molecule has 10 nitrogen and oxygen atoms in total. The predicted molar refractivity (Wildman–Crippen MR) is 138 cm³/mol. The molecule has 2 unspecified atom stereocenters. The molecular formula is C28H29F2N5O5. The number of rotatable bonds is 5. The number of nitrogens with one attached hydrogen (secondary N) is 1. The Morgan fingerprint density at radius 3 is 2.45 bits per heavy atom. The lowest BCUT2D eigenvalue weighted by Crippen LogP contribution is -2.39. The van der Waals surface area contributed by atoms with Crippen molar-refractivity contribution in [2.45, 2.75) is 44.8 Å². The second-order valence-electron chi connectivity index (χ2n) is 11.3. The van der Waals surface area contributed by atoms with E-state index in [9.17, 15) is 19.6 Å². The van der Waals surface area contributed by atoms with Gasteiger partial charge < -0.3 is 19.7 Å². The molecule has 3 fully saturated rings. The lowest BCUT2D eigenvalue weighted by Gasteiger charge is -2.27. The third-order valence-corrected chi connectivity index (χ3v) is 7.54. The number of benzene rings is 1. The molecule has 1 aromatic heterocycles. The molecule has 40 heavy (non-hydrogen) atoms. The van der Waals surface area contributed by atoms with Crippen molar-refractivity contribution >= 4 is 23.8 Å². The monoisotopic (exact) mass is 553 g/mol. The Kier molecular flexibility index (Phi) is 6.64. The van der Waals surface area contributed by atoms with Crippen LogP contribution in [0.15, 0.2) is 30.6 Å². The summed E-state index contributed by atoms with van der Waals surface area (Å²) in [5.74, 6) is -2.61. The minimum atomic E-state index is -1.04. The summed E-state index contributed by atoms with van der Waals surface area (Å²) in [6.07, 6.45) is 0.874. The van der Waals surface area contributed by atoms with Gasteiger partial charge in [-0.2, -0.15) is 5.26 Å². The number of nitrogens with zero attached hydrogens (tertiary/aromatic N) is 4. The lowest BCUT2D eigenvalue weighted by atomic mass is 9.86. The molecule has 2 aliphatic heterocycles. The van der Waals surface area contributed by atoms with E-state index in [0.29, 0.717) is 5.56 Å².